The van der Waals surface area contributed by atoms with E-state index in [0.29, 0.717) is 32.5 Å². The molecule has 8 heteroatoms. The summed E-state index contributed by atoms with van der Waals surface area (Å²) in [7, 11) is 0. The van der Waals surface area contributed by atoms with Gasteiger partial charge in [0.05, 0.1) is 19.8 Å². The highest BCUT2D eigenvalue weighted by molar-refractivity contribution is 5.66. The quantitative estimate of drug-likeness (QED) is 0.378. The Labute approximate surface area is 132 Å². The van der Waals surface area contributed by atoms with Gasteiger partial charge in [0.1, 0.15) is 0 Å². The number of aliphatic carboxylic acids is 2. The molecule has 0 aliphatic carbocycles. The van der Waals surface area contributed by atoms with Crippen LogP contribution in [0.4, 0.5) is 0 Å². The van der Waals surface area contributed by atoms with E-state index in [9.17, 15) is 9.59 Å². The van der Waals surface area contributed by atoms with E-state index >= 15 is 0 Å². The Morgan fingerprint density at radius 1 is 0.727 bits per heavy atom. The molecule has 0 aromatic carbocycles. The lowest BCUT2D eigenvalue weighted by atomic mass is 10.4. The summed E-state index contributed by atoms with van der Waals surface area (Å²) >= 11 is 0. The van der Waals surface area contributed by atoms with Crippen molar-refractivity contribution in [1.29, 1.82) is 0 Å². The largest absolute Gasteiger partial charge is 0.481 e. The van der Waals surface area contributed by atoms with Crippen molar-refractivity contribution in [1.82, 2.24) is 4.90 Å². The number of nitrogens with zero attached hydrogens (tertiary/aromatic N) is 1. The molecule has 0 aromatic rings. The van der Waals surface area contributed by atoms with Gasteiger partial charge in [-0.1, -0.05) is 13.8 Å². The third-order valence-electron chi connectivity index (χ3n) is 2.18. The van der Waals surface area contributed by atoms with E-state index in [4.69, 9.17) is 25.5 Å². The molecule has 0 unspecified atom stereocenters. The summed E-state index contributed by atoms with van der Waals surface area (Å²) in [4.78, 5) is 21.0. The Balaban J connectivity index is -0.000000261. The van der Waals surface area contributed by atoms with Gasteiger partial charge in [-0.15, -0.1) is 0 Å². The van der Waals surface area contributed by atoms with Crippen LogP contribution in [0.3, 0.4) is 0 Å². The predicted octanol–water partition coefficient (Wildman–Crippen LogP) is 0.00750. The first kappa shape index (κ1) is 25.7. The number of carbonyl (C=O) groups is 2. The number of aliphatic hydroxyl groups excluding tert-OH is 3. The summed E-state index contributed by atoms with van der Waals surface area (Å²) in [6, 6.07) is 0. The number of carboxylic acid groups (broad SMARTS) is 2. The first-order valence-electron chi connectivity index (χ1n) is 7.37. The zero-order chi connectivity index (χ0) is 17.8. The molecule has 0 fully saturated rings. The van der Waals surface area contributed by atoms with Crippen LogP contribution in [0.5, 0.6) is 0 Å². The standard InChI is InChI=1S/C6H15NO3.2C4H8O2/c8-4-1-7(2-5-9)3-6-10;2*1-2-3-4(5)6/h8-10H,1-6H2;2*2-3H2,1H3,(H,5,6). The van der Waals surface area contributed by atoms with Crippen molar-refractivity contribution in [3.63, 3.8) is 0 Å². The monoisotopic (exact) mass is 325 g/mol. The third kappa shape index (κ3) is 31.3. The van der Waals surface area contributed by atoms with Gasteiger partial charge in [-0.2, -0.15) is 0 Å². The van der Waals surface area contributed by atoms with Gasteiger partial charge in [0.2, 0.25) is 0 Å². The number of rotatable bonds is 10. The van der Waals surface area contributed by atoms with Crippen LogP contribution in [0.25, 0.3) is 0 Å². The molecule has 22 heavy (non-hydrogen) atoms. The fourth-order valence-electron chi connectivity index (χ4n) is 1.19. The fourth-order valence-corrected chi connectivity index (χ4v) is 1.19. The number of hydrogen-bond acceptors (Lipinski definition) is 6. The van der Waals surface area contributed by atoms with Crippen LogP contribution in [0, 0.1) is 0 Å². The molecule has 0 bridgehead atoms. The molecule has 0 amide bonds. The first-order valence-corrected chi connectivity index (χ1v) is 7.37. The van der Waals surface area contributed by atoms with E-state index in [-0.39, 0.29) is 19.8 Å². The summed E-state index contributed by atoms with van der Waals surface area (Å²) < 4.78 is 0. The highest BCUT2D eigenvalue weighted by atomic mass is 16.4. The van der Waals surface area contributed by atoms with Crippen LogP contribution in [0.1, 0.15) is 39.5 Å². The molecule has 0 aliphatic rings. The summed E-state index contributed by atoms with van der Waals surface area (Å²) in [5.41, 5.74) is 0. The minimum atomic E-state index is -0.711. The minimum absolute atomic E-state index is 0.0694. The van der Waals surface area contributed by atoms with E-state index in [1.807, 2.05) is 13.8 Å². The van der Waals surface area contributed by atoms with Gasteiger partial charge in [-0.25, -0.2) is 0 Å². The molecule has 0 aliphatic heterocycles. The molecule has 0 spiro atoms. The molecule has 134 valence electrons. The fraction of sp³-hybridized carbons (Fsp3) is 0.857. The Kier molecular flexibility index (Phi) is 25.8. The van der Waals surface area contributed by atoms with Gasteiger partial charge >= 0.3 is 11.9 Å². The minimum Gasteiger partial charge on any atom is -0.481 e. The van der Waals surface area contributed by atoms with Gasteiger partial charge in [-0.05, 0) is 12.8 Å². The number of hydrogen-bond donors (Lipinski definition) is 5. The van der Waals surface area contributed by atoms with Crippen molar-refractivity contribution < 1.29 is 35.1 Å². The molecular weight excluding hydrogens is 294 g/mol. The van der Waals surface area contributed by atoms with E-state index in [1.165, 1.54) is 0 Å². The lowest BCUT2D eigenvalue weighted by molar-refractivity contribution is -0.138. The molecule has 5 N–H and O–H groups in total. The van der Waals surface area contributed by atoms with Crippen LogP contribution in [-0.4, -0.2) is 81.8 Å². The second-order valence-electron chi connectivity index (χ2n) is 4.30. The Hall–Kier alpha value is -1.22. The predicted molar refractivity (Wildman–Crippen MR) is 82.8 cm³/mol. The van der Waals surface area contributed by atoms with Crippen molar-refractivity contribution in [3.05, 3.63) is 0 Å². The van der Waals surface area contributed by atoms with Crippen LogP contribution in [0.2, 0.25) is 0 Å². The molecule has 0 radical (unpaired) electrons. The van der Waals surface area contributed by atoms with Crippen molar-refractivity contribution in [3.8, 4) is 0 Å². The lowest BCUT2D eigenvalue weighted by Gasteiger charge is -2.17. The maximum Gasteiger partial charge on any atom is 0.303 e. The van der Waals surface area contributed by atoms with Gasteiger partial charge in [0, 0.05) is 32.5 Å². The molecular formula is C14H31NO7. The van der Waals surface area contributed by atoms with Crippen molar-refractivity contribution >= 4 is 11.9 Å². The smallest absolute Gasteiger partial charge is 0.303 e. The summed E-state index contributed by atoms with van der Waals surface area (Å²) in [6.07, 6.45) is 2.05. The SMILES string of the molecule is CCCC(=O)O.CCCC(=O)O.OCCN(CCO)CCO. The Morgan fingerprint density at radius 3 is 1.09 bits per heavy atom. The van der Waals surface area contributed by atoms with Crippen LogP contribution < -0.4 is 0 Å². The first-order chi connectivity index (χ1) is 10.4. The second-order valence-corrected chi connectivity index (χ2v) is 4.30. The zero-order valence-electron chi connectivity index (χ0n) is 13.6. The highest BCUT2D eigenvalue weighted by Crippen LogP contribution is 1.84. The van der Waals surface area contributed by atoms with Gasteiger partial charge < -0.3 is 25.5 Å². The van der Waals surface area contributed by atoms with Crippen molar-refractivity contribution in [2.24, 2.45) is 0 Å². The summed E-state index contributed by atoms with van der Waals surface area (Å²) in [6.45, 7) is 5.44. The van der Waals surface area contributed by atoms with Crippen molar-refractivity contribution in [2.75, 3.05) is 39.5 Å². The maximum atomic E-state index is 9.60. The zero-order valence-corrected chi connectivity index (χ0v) is 13.6. The highest BCUT2D eigenvalue weighted by Gasteiger charge is 2.00. The Morgan fingerprint density at radius 2 is 1.00 bits per heavy atom. The van der Waals surface area contributed by atoms with Crippen LogP contribution >= 0.6 is 0 Å². The van der Waals surface area contributed by atoms with Crippen molar-refractivity contribution in [2.45, 2.75) is 39.5 Å². The summed E-state index contributed by atoms with van der Waals surface area (Å²) in [5.74, 6) is -1.42. The second kappa shape index (κ2) is 22.1. The Bertz CT molecular complexity index is 219. The van der Waals surface area contributed by atoms with E-state index < -0.39 is 11.9 Å². The molecule has 0 saturated heterocycles. The number of aliphatic hydroxyl groups is 3. The molecule has 8 nitrogen and oxygen atoms in total. The summed E-state index contributed by atoms with van der Waals surface area (Å²) in [5, 5.41) is 41.3. The third-order valence-corrected chi connectivity index (χ3v) is 2.18. The average Bonchev–Trinajstić information content (AvgIpc) is 2.40. The topological polar surface area (TPSA) is 139 Å². The van der Waals surface area contributed by atoms with Gasteiger partial charge in [0.25, 0.3) is 0 Å². The maximum absolute atomic E-state index is 9.60. The number of carboxylic acids is 2. The molecule has 0 saturated carbocycles. The molecule has 0 aromatic heterocycles. The van der Waals surface area contributed by atoms with Gasteiger partial charge in [-0.3, -0.25) is 14.5 Å². The van der Waals surface area contributed by atoms with Crippen LogP contribution in [0.15, 0.2) is 0 Å². The molecule has 0 rings (SSSR count). The average molecular weight is 325 g/mol. The van der Waals surface area contributed by atoms with Crippen LogP contribution in [-0.2, 0) is 9.59 Å². The lowest BCUT2D eigenvalue weighted by Crippen LogP contribution is -2.32. The van der Waals surface area contributed by atoms with Gasteiger partial charge in [0.15, 0.2) is 0 Å². The van der Waals surface area contributed by atoms with E-state index in [1.54, 1.807) is 4.90 Å². The molecule has 0 heterocycles. The van der Waals surface area contributed by atoms with E-state index in [2.05, 4.69) is 0 Å². The van der Waals surface area contributed by atoms with E-state index in [0.717, 1.165) is 12.8 Å². The normalized spacial score (nSPS) is 9.36. The molecule has 0 atom stereocenters.